The second-order valence-electron chi connectivity index (χ2n) is 4.58. The Morgan fingerprint density at radius 3 is 2.43 bits per heavy atom. The summed E-state index contributed by atoms with van der Waals surface area (Å²) in [6.07, 6.45) is 0.630. The number of benzene rings is 2. The predicted octanol–water partition coefficient (Wildman–Crippen LogP) is 2.26. The van der Waals surface area contributed by atoms with Gasteiger partial charge in [-0.05, 0) is 35.9 Å². The molecular formula is C16H18N2O3. The van der Waals surface area contributed by atoms with E-state index in [1.54, 1.807) is 25.3 Å². The van der Waals surface area contributed by atoms with E-state index in [-0.39, 0.29) is 6.61 Å². The SMILES string of the molecule is COc1ccc(CCOC(=O)c2ccc(N)cc2N)cc1. The second-order valence-corrected chi connectivity index (χ2v) is 4.58. The zero-order valence-corrected chi connectivity index (χ0v) is 11.8. The molecule has 0 aromatic heterocycles. The summed E-state index contributed by atoms with van der Waals surface area (Å²) in [6, 6.07) is 12.3. The normalized spacial score (nSPS) is 10.1. The highest BCUT2D eigenvalue weighted by Crippen LogP contribution is 2.17. The summed E-state index contributed by atoms with van der Waals surface area (Å²) in [7, 11) is 1.62. The van der Waals surface area contributed by atoms with Crippen LogP contribution in [0.15, 0.2) is 42.5 Å². The van der Waals surface area contributed by atoms with Gasteiger partial charge in [-0.25, -0.2) is 4.79 Å². The molecule has 0 amide bonds. The molecule has 0 fully saturated rings. The van der Waals surface area contributed by atoms with Crippen molar-refractivity contribution in [2.45, 2.75) is 6.42 Å². The number of nitrogens with two attached hydrogens (primary N) is 2. The Hall–Kier alpha value is -2.69. The molecule has 0 heterocycles. The molecule has 0 saturated heterocycles. The average molecular weight is 286 g/mol. The summed E-state index contributed by atoms with van der Waals surface area (Å²) in [5.74, 6) is 0.353. The molecule has 4 N–H and O–H groups in total. The molecule has 0 aliphatic heterocycles. The molecule has 0 bridgehead atoms. The molecule has 2 rings (SSSR count). The fourth-order valence-corrected chi connectivity index (χ4v) is 1.90. The van der Waals surface area contributed by atoms with Crippen molar-refractivity contribution in [2.24, 2.45) is 0 Å². The molecule has 0 unspecified atom stereocenters. The fourth-order valence-electron chi connectivity index (χ4n) is 1.90. The van der Waals surface area contributed by atoms with Crippen LogP contribution in [-0.2, 0) is 11.2 Å². The smallest absolute Gasteiger partial charge is 0.340 e. The van der Waals surface area contributed by atoms with Gasteiger partial charge in [-0.1, -0.05) is 12.1 Å². The van der Waals surface area contributed by atoms with Crippen molar-refractivity contribution < 1.29 is 14.3 Å². The van der Waals surface area contributed by atoms with Gasteiger partial charge in [0.1, 0.15) is 5.75 Å². The number of nitrogen functional groups attached to an aromatic ring is 2. The van der Waals surface area contributed by atoms with Crippen LogP contribution in [0.25, 0.3) is 0 Å². The zero-order chi connectivity index (χ0) is 15.2. The van der Waals surface area contributed by atoms with Crippen molar-refractivity contribution in [1.29, 1.82) is 0 Å². The van der Waals surface area contributed by atoms with Crippen molar-refractivity contribution in [2.75, 3.05) is 25.2 Å². The van der Waals surface area contributed by atoms with E-state index in [2.05, 4.69) is 0 Å². The highest BCUT2D eigenvalue weighted by Gasteiger charge is 2.11. The number of methoxy groups -OCH3 is 1. The van der Waals surface area contributed by atoms with E-state index in [1.165, 1.54) is 0 Å². The van der Waals surface area contributed by atoms with Crippen LogP contribution >= 0.6 is 0 Å². The van der Waals surface area contributed by atoms with E-state index < -0.39 is 5.97 Å². The minimum atomic E-state index is -0.444. The van der Waals surface area contributed by atoms with Gasteiger partial charge in [0, 0.05) is 17.8 Å². The van der Waals surface area contributed by atoms with Crippen LogP contribution in [0.1, 0.15) is 15.9 Å². The lowest BCUT2D eigenvalue weighted by atomic mass is 10.1. The quantitative estimate of drug-likeness (QED) is 0.650. The Labute approximate surface area is 123 Å². The third-order valence-electron chi connectivity index (χ3n) is 3.08. The summed E-state index contributed by atoms with van der Waals surface area (Å²) in [5, 5.41) is 0. The molecule has 2 aromatic carbocycles. The van der Waals surface area contributed by atoms with Crippen molar-refractivity contribution in [3.05, 3.63) is 53.6 Å². The molecule has 5 heteroatoms. The highest BCUT2D eigenvalue weighted by molar-refractivity contribution is 5.95. The Morgan fingerprint density at radius 1 is 1.10 bits per heavy atom. The fraction of sp³-hybridized carbons (Fsp3) is 0.188. The van der Waals surface area contributed by atoms with Gasteiger partial charge in [0.2, 0.25) is 0 Å². The first-order chi connectivity index (χ1) is 10.1. The maximum absolute atomic E-state index is 11.9. The molecule has 0 aliphatic rings. The largest absolute Gasteiger partial charge is 0.497 e. The van der Waals surface area contributed by atoms with E-state index in [0.29, 0.717) is 23.4 Å². The number of carbonyl (C=O) groups excluding carboxylic acids is 1. The lowest BCUT2D eigenvalue weighted by Gasteiger charge is -2.08. The van der Waals surface area contributed by atoms with Crippen LogP contribution in [-0.4, -0.2) is 19.7 Å². The van der Waals surface area contributed by atoms with Crippen molar-refractivity contribution in [3.63, 3.8) is 0 Å². The molecule has 0 saturated carbocycles. The number of ether oxygens (including phenoxy) is 2. The molecule has 0 atom stereocenters. The molecule has 0 aliphatic carbocycles. The van der Waals surface area contributed by atoms with Crippen molar-refractivity contribution >= 4 is 17.3 Å². The molecule has 110 valence electrons. The van der Waals surface area contributed by atoms with Crippen LogP contribution in [0, 0.1) is 0 Å². The molecule has 5 nitrogen and oxygen atoms in total. The zero-order valence-electron chi connectivity index (χ0n) is 11.8. The van der Waals surface area contributed by atoms with Crippen LogP contribution in [0.3, 0.4) is 0 Å². The van der Waals surface area contributed by atoms with Gasteiger partial charge in [0.15, 0.2) is 0 Å². The number of hydrogen-bond donors (Lipinski definition) is 2. The molecule has 21 heavy (non-hydrogen) atoms. The highest BCUT2D eigenvalue weighted by atomic mass is 16.5. The predicted molar refractivity (Wildman–Crippen MR) is 82.2 cm³/mol. The lowest BCUT2D eigenvalue weighted by molar-refractivity contribution is 0.0510. The standard InChI is InChI=1S/C16H18N2O3/c1-20-13-5-2-11(3-6-13)8-9-21-16(19)14-7-4-12(17)10-15(14)18/h2-7,10H,8-9,17-18H2,1H3. The third-order valence-corrected chi connectivity index (χ3v) is 3.08. The molecule has 0 spiro atoms. The maximum atomic E-state index is 11.9. The van der Waals surface area contributed by atoms with Crippen LogP contribution in [0.5, 0.6) is 5.75 Å². The van der Waals surface area contributed by atoms with E-state index in [1.807, 2.05) is 24.3 Å². The summed E-state index contributed by atoms with van der Waals surface area (Å²) in [6.45, 7) is 0.287. The van der Waals surface area contributed by atoms with Gasteiger partial charge in [-0.2, -0.15) is 0 Å². The number of esters is 1. The van der Waals surface area contributed by atoms with Crippen molar-refractivity contribution in [1.82, 2.24) is 0 Å². The molecule has 0 radical (unpaired) electrons. The van der Waals surface area contributed by atoms with Gasteiger partial charge in [0.25, 0.3) is 0 Å². The van der Waals surface area contributed by atoms with Crippen LogP contribution < -0.4 is 16.2 Å². The Bertz CT molecular complexity index is 624. The van der Waals surface area contributed by atoms with E-state index >= 15 is 0 Å². The first-order valence-corrected chi connectivity index (χ1v) is 6.55. The van der Waals surface area contributed by atoms with Crippen LogP contribution in [0.4, 0.5) is 11.4 Å². The number of carbonyl (C=O) groups is 1. The second kappa shape index (κ2) is 6.65. The maximum Gasteiger partial charge on any atom is 0.340 e. The average Bonchev–Trinajstić information content (AvgIpc) is 2.47. The Morgan fingerprint density at radius 2 is 1.81 bits per heavy atom. The molecular weight excluding hydrogens is 268 g/mol. The monoisotopic (exact) mass is 286 g/mol. The minimum Gasteiger partial charge on any atom is -0.497 e. The van der Waals surface area contributed by atoms with Gasteiger partial charge in [-0.15, -0.1) is 0 Å². The van der Waals surface area contributed by atoms with Gasteiger partial charge < -0.3 is 20.9 Å². The summed E-state index contributed by atoms with van der Waals surface area (Å²) >= 11 is 0. The number of rotatable bonds is 5. The summed E-state index contributed by atoms with van der Waals surface area (Å²) < 4.78 is 10.3. The summed E-state index contributed by atoms with van der Waals surface area (Å²) in [4.78, 5) is 11.9. The van der Waals surface area contributed by atoms with Gasteiger partial charge >= 0.3 is 5.97 Å². The number of hydrogen-bond acceptors (Lipinski definition) is 5. The van der Waals surface area contributed by atoms with E-state index in [9.17, 15) is 4.79 Å². The molecule has 2 aromatic rings. The third kappa shape index (κ3) is 3.89. The van der Waals surface area contributed by atoms with Gasteiger partial charge in [0.05, 0.1) is 19.3 Å². The van der Waals surface area contributed by atoms with Crippen LogP contribution in [0.2, 0.25) is 0 Å². The number of anilines is 2. The minimum absolute atomic E-state index is 0.287. The van der Waals surface area contributed by atoms with E-state index in [0.717, 1.165) is 11.3 Å². The Kier molecular flexibility index (Phi) is 4.66. The van der Waals surface area contributed by atoms with E-state index in [4.69, 9.17) is 20.9 Å². The van der Waals surface area contributed by atoms with Gasteiger partial charge in [-0.3, -0.25) is 0 Å². The lowest BCUT2D eigenvalue weighted by Crippen LogP contribution is -2.10. The topological polar surface area (TPSA) is 87.6 Å². The summed E-state index contributed by atoms with van der Waals surface area (Å²) in [5.41, 5.74) is 13.6. The van der Waals surface area contributed by atoms with Crippen molar-refractivity contribution in [3.8, 4) is 5.75 Å². The first-order valence-electron chi connectivity index (χ1n) is 6.55. The Balaban J connectivity index is 1.88. The first kappa shape index (κ1) is 14.7.